The molecule has 6 nitrogen and oxygen atoms in total. The predicted molar refractivity (Wildman–Crippen MR) is 104 cm³/mol. The number of rotatable bonds is 3. The van der Waals surface area contributed by atoms with Crippen LogP contribution in [0.3, 0.4) is 0 Å². The van der Waals surface area contributed by atoms with Crippen LogP contribution in [0.15, 0.2) is 24.3 Å². The Morgan fingerprint density at radius 2 is 1.86 bits per heavy atom. The molecule has 4 rings (SSSR count). The smallest absolute Gasteiger partial charge is 0.311 e. The predicted octanol–water partition coefficient (Wildman–Crippen LogP) is 1.68. The summed E-state index contributed by atoms with van der Waals surface area (Å²) >= 11 is 0. The topological polar surface area (TPSA) is 73.5 Å². The monoisotopic (exact) mass is 388 g/mol. The Morgan fingerprint density at radius 3 is 2.57 bits per heavy atom. The molecule has 1 aromatic carbocycles. The van der Waals surface area contributed by atoms with Gasteiger partial charge in [-0.3, -0.25) is 20.4 Å². The number of hydrogen-bond acceptors (Lipinski definition) is 4. The van der Waals surface area contributed by atoms with Crippen LogP contribution in [0.4, 0.5) is 4.39 Å². The molecule has 152 valence electrons. The van der Waals surface area contributed by atoms with E-state index in [-0.39, 0.29) is 23.8 Å². The average Bonchev–Trinajstić information content (AvgIpc) is 3.39. The van der Waals surface area contributed by atoms with Crippen LogP contribution in [-0.4, -0.2) is 48.4 Å². The molecular formula is C21H29FN4O2. The first-order chi connectivity index (χ1) is 13.6. The SMILES string of the molecule is O=C(NC1CCCC1)C(=O)N1CCC(C2NNCC2c2cccc(F)c2)CC1. The zero-order valence-electron chi connectivity index (χ0n) is 16.1. The third kappa shape index (κ3) is 4.20. The van der Waals surface area contributed by atoms with E-state index < -0.39 is 11.8 Å². The molecule has 0 aromatic heterocycles. The van der Waals surface area contributed by atoms with Gasteiger partial charge >= 0.3 is 11.8 Å². The van der Waals surface area contributed by atoms with Gasteiger partial charge in [0.25, 0.3) is 0 Å². The van der Waals surface area contributed by atoms with Gasteiger partial charge in [-0.05, 0) is 49.3 Å². The molecule has 1 saturated carbocycles. The van der Waals surface area contributed by atoms with E-state index in [1.807, 2.05) is 6.07 Å². The Bertz CT molecular complexity index is 714. The molecule has 2 atom stereocenters. The van der Waals surface area contributed by atoms with Gasteiger partial charge in [0.05, 0.1) is 0 Å². The third-order valence-electron chi connectivity index (χ3n) is 6.52. The summed E-state index contributed by atoms with van der Waals surface area (Å²) in [6, 6.07) is 7.17. The van der Waals surface area contributed by atoms with E-state index in [1.54, 1.807) is 17.0 Å². The van der Waals surface area contributed by atoms with Gasteiger partial charge in [-0.15, -0.1) is 0 Å². The molecule has 3 N–H and O–H groups in total. The second-order valence-electron chi connectivity index (χ2n) is 8.30. The summed E-state index contributed by atoms with van der Waals surface area (Å²) in [4.78, 5) is 26.4. The van der Waals surface area contributed by atoms with Crippen molar-refractivity contribution in [2.45, 2.75) is 56.5 Å². The number of amides is 2. The maximum Gasteiger partial charge on any atom is 0.311 e. The van der Waals surface area contributed by atoms with E-state index in [0.29, 0.717) is 19.0 Å². The maximum atomic E-state index is 13.6. The summed E-state index contributed by atoms with van der Waals surface area (Å²) in [5.74, 6) is -0.483. The van der Waals surface area contributed by atoms with E-state index in [2.05, 4.69) is 16.2 Å². The van der Waals surface area contributed by atoms with Crippen molar-refractivity contribution in [1.82, 2.24) is 21.1 Å². The van der Waals surface area contributed by atoms with E-state index in [1.165, 1.54) is 6.07 Å². The van der Waals surface area contributed by atoms with Crippen LogP contribution < -0.4 is 16.2 Å². The van der Waals surface area contributed by atoms with E-state index in [0.717, 1.165) is 50.6 Å². The van der Waals surface area contributed by atoms with Crippen LogP contribution in [0.2, 0.25) is 0 Å². The van der Waals surface area contributed by atoms with Crippen molar-refractivity contribution >= 4 is 11.8 Å². The molecule has 1 aromatic rings. The highest BCUT2D eigenvalue weighted by molar-refractivity contribution is 6.35. The summed E-state index contributed by atoms with van der Waals surface area (Å²) in [6.45, 7) is 1.95. The Morgan fingerprint density at radius 1 is 1.11 bits per heavy atom. The van der Waals surface area contributed by atoms with Crippen LogP contribution >= 0.6 is 0 Å². The fraction of sp³-hybridized carbons (Fsp3) is 0.619. The van der Waals surface area contributed by atoms with Crippen molar-refractivity contribution in [3.05, 3.63) is 35.6 Å². The lowest BCUT2D eigenvalue weighted by Crippen LogP contribution is -2.50. The van der Waals surface area contributed by atoms with Crippen LogP contribution in [-0.2, 0) is 9.59 Å². The highest BCUT2D eigenvalue weighted by Gasteiger charge is 2.38. The van der Waals surface area contributed by atoms with Crippen LogP contribution in [0.25, 0.3) is 0 Å². The van der Waals surface area contributed by atoms with Gasteiger partial charge in [0.1, 0.15) is 5.82 Å². The number of hydrogen-bond donors (Lipinski definition) is 3. The molecule has 1 aliphatic carbocycles. The average molecular weight is 388 g/mol. The molecule has 3 fully saturated rings. The first-order valence-corrected chi connectivity index (χ1v) is 10.5. The highest BCUT2D eigenvalue weighted by atomic mass is 19.1. The number of nitrogens with one attached hydrogen (secondary N) is 3. The Balaban J connectivity index is 1.32. The summed E-state index contributed by atoms with van der Waals surface area (Å²) in [6.07, 6.45) is 5.88. The molecule has 2 aliphatic heterocycles. The number of benzene rings is 1. The van der Waals surface area contributed by atoms with Gasteiger partial charge in [0.15, 0.2) is 0 Å². The van der Waals surface area contributed by atoms with Gasteiger partial charge in [0.2, 0.25) is 0 Å². The minimum absolute atomic E-state index is 0.162. The molecule has 2 unspecified atom stereocenters. The largest absolute Gasteiger partial charge is 0.345 e. The molecular weight excluding hydrogens is 359 g/mol. The van der Waals surface area contributed by atoms with Crippen molar-refractivity contribution in [3.8, 4) is 0 Å². The minimum Gasteiger partial charge on any atom is -0.345 e. The number of piperidine rings is 1. The van der Waals surface area contributed by atoms with Crippen molar-refractivity contribution in [3.63, 3.8) is 0 Å². The van der Waals surface area contributed by atoms with Gasteiger partial charge in [-0.2, -0.15) is 0 Å². The first kappa shape index (κ1) is 19.3. The maximum absolute atomic E-state index is 13.6. The van der Waals surface area contributed by atoms with Crippen molar-refractivity contribution in [2.24, 2.45) is 5.92 Å². The van der Waals surface area contributed by atoms with E-state index in [9.17, 15) is 14.0 Å². The highest BCUT2D eigenvalue weighted by Crippen LogP contribution is 2.32. The Kier molecular flexibility index (Phi) is 5.92. The van der Waals surface area contributed by atoms with Crippen molar-refractivity contribution in [2.75, 3.05) is 19.6 Å². The fourth-order valence-corrected chi connectivity index (χ4v) is 4.95. The lowest BCUT2D eigenvalue weighted by atomic mass is 9.80. The number of nitrogens with zero attached hydrogens (tertiary/aromatic N) is 1. The summed E-state index contributed by atoms with van der Waals surface area (Å²) in [5, 5.41) is 2.89. The molecule has 0 radical (unpaired) electrons. The second kappa shape index (κ2) is 8.57. The molecule has 7 heteroatoms. The molecule has 2 saturated heterocycles. The molecule has 2 heterocycles. The van der Waals surface area contributed by atoms with Gasteiger partial charge in [-0.25, -0.2) is 4.39 Å². The number of carbonyl (C=O) groups is 2. The summed E-state index contributed by atoms with van der Waals surface area (Å²) in [7, 11) is 0. The van der Waals surface area contributed by atoms with Crippen LogP contribution in [0.1, 0.15) is 50.0 Å². The number of likely N-dealkylation sites (tertiary alicyclic amines) is 1. The summed E-state index contributed by atoms with van der Waals surface area (Å²) < 4.78 is 13.6. The van der Waals surface area contributed by atoms with E-state index in [4.69, 9.17) is 0 Å². The Hall–Kier alpha value is -1.99. The molecule has 0 bridgehead atoms. The first-order valence-electron chi connectivity index (χ1n) is 10.5. The minimum atomic E-state index is -0.455. The molecule has 3 aliphatic rings. The Labute approximate surface area is 165 Å². The zero-order valence-corrected chi connectivity index (χ0v) is 16.1. The standard InChI is InChI=1S/C21H29FN4O2/c22-16-5-3-4-15(12-16)18-13-23-25-19(18)14-8-10-26(11-9-14)21(28)20(27)24-17-6-1-2-7-17/h3-5,12,14,17-19,23,25H,1-2,6-11,13H2,(H,24,27). The van der Waals surface area contributed by atoms with Crippen LogP contribution in [0, 0.1) is 11.7 Å². The molecule has 28 heavy (non-hydrogen) atoms. The number of carbonyl (C=O) groups excluding carboxylic acids is 2. The van der Waals surface area contributed by atoms with Crippen LogP contribution in [0.5, 0.6) is 0 Å². The fourth-order valence-electron chi connectivity index (χ4n) is 4.95. The van der Waals surface area contributed by atoms with Gasteiger partial charge < -0.3 is 10.2 Å². The van der Waals surface area contributed by atoms with Crippen molar-refractivity contribution in [1.29, 1.82) is 0 Å². The normalized spacial score (nSPS) is 26.5. The summed E-state index contributed by atoms with van der Waals surface area (Å²) in [5.41, 5.74) is 7.56. The second-order valence-corrected chi connectivity index (χ2v) is 8.30. The quantitative estimate of drug-likeness (QED) is 0.689. The number of halogens is 1. The van der Waals surface area contributed by atoms with Gasteiger partial charge in [-0.1, -0.05) is 25.0 Å². The molecule has 0 spiro atoms. The van der Waals surface area contributed by atoms with E-state index >= 15 is 0 Å². The molecule has 2 amide bonds. The zero-order chi connectivity index (χ0) is 19.5. The van der Waals surface area contributed by atoms with Gasteiger partial charge in [0, 0.05) is 37.6 Å². The lowest BCUT2D eigenvalue weighted by molar-refractivity contribution is -0.147. The number of hydrazine groups is 1. The lowest BCUT2D eigenvalue weighted by Gasteiger charge is -2.36. The third-order valence-corrected chi connectivity index (χ3v) is 6.52. The van der Waals surface area contributed by atoms with Crippen molar-refractivity contribution < 1.29 is 14.0 Å².